The molecule has 0 amide bonds. The second kappa shape index (κ2) is 3.75. The Kier molecular flexibility index (Phi) is 2.45. The molecule has 0 saturated carbocycles. The first kappa shape index (κ1) is 8.51. The molecule has 1 fully saturated rings. The maximum Gasteiger partial charge on any atom is 0.0603 e. The molecule has 1 atom stereocenters. The lowest BCUT2D eigenvalue weighted by atomic mass is 10.2. The van der Waals surface area contributed by atoms with Crippen LogP contribution in [0.1, 0.15) is 12.1 Å². The standard InChI is InChI=1S/C10H15N3/c1-8-10(3-2-5-12-8)13-9-4-6-11-7-9/h2-3,5,9,11,13H,4,6-7H2,1H3. The van der Waals surface area contributed by atoms with E-state index in [1.165, 1.54) is 6.42 Å². The fourth-order valence-electron chi connectivity index (χ4n) is 1.63. The van der Waals surface area contributed by atoms with Gasteiger partial charge in [0.05, 0.1) is 11.4 Å². The molecule has 1 aliphatic heterocycles. The van der Waals surface area contributed by atoms with Gasteiger partial charge in [-0.2, -0.15) is 0 Å². The Labute approximate surface area is 78.6 Å². The lowest BCUT2D eigenvalue weighted by molar-refractivity contribution is 0.791. The summed E-state index contributed by atoms with van der Waals surface area (Å²) in [6.45, 7) is 4.22. The van der Waals surface area contributed by atoms with E-state index in [9.17, 15) is 0 Å². The van der Waals surface area contributed by atoms with Crippen LogP contribution in [0, 0.1) is 6.92 Å². The number of rotatable bonds is 2. The van der Waals surface area contributed by atoms with Crippen LogP contribution in [0.4, 0.5) is 5.69 Å². The molecular weight excluding hydrogens is 162 g/mol. The number of aryl methyl sites for hydroxylation is 1. The van der Waals surface area contributed by atoms with Crippen LogP contribution in [0.3, 0.4) is 0 Å². The third kappa shape index (κ3) is 1.98. The van der Waals surface area contributed by atoms with Crippen LogP contribution in [-0.2, 0) is 0 Å². The largest absolute Gasteiger partial charge is 0.380 e. The van der Waals surface area contributed by atoms with E-state index in [0.717, 1.165) is 24.5 Å². The van der Waals surface area contributed by atoms with Crippen LogP contribution >= 0.6 is 0 Å². The predicted molar refractivity (Wildman–Crippen MR) is 53.9 cm³/mol. The lowest BCUT2D eigenvalue weighted by Crippen LogP contribution is -2.22. The Morgan fingerprint density at radius 3 is 3.23 bits per heavy atom. The zero-order valence-electron chi connectivity index (χ0n) is 7.88. The summed E-state index contributed by atoms with van der Waals surface area (Å²) in [5, 5.41) is 6.81. The van der Waals surface area contributed by atoms with E-state index >= 15 is 0 Å². The van der Waals surface area contributed by atoms with Gasteiger partial charge in [-0.05, 0) is 32.0 Å². The molecular formula is C10H15N3. The molecule has 2 heterocycles. The summed E-state index contributed by atoms with van der Waals surface area (Å²) in [6, 6.07) is 4.63. The van der Waals surface area contributed by atoms with Crippen molar-refractivity contribution in [2.45, 2.75) is 19.4 Å². The van der Waals surface area contributed by atoms with Gasteiger partial charge in [-0.25, -0.2) is 0 Å². The van der Waals surface area contributed by atoms with Gasteiger partial charge < -0.3 is 10.6 Å². The average Bonchev–Trinajstić information content (AvgIpc) is 2.61. The summed E-state index contributed by atoms with van der Waals surface area (Å²) < 4.78 is 0. The monoisotopic (exact) mass is 177 g/mol. The first-order valence-corrected chi connectivity index (χ1v) is 4.75. The van der Waals surface area contributed by atoms with Crippen LogP contribution in [0.5, 0.6) is 0 Å². The van der Waals surface area contributed by atoms with E-state index in [2.05, 4.69) is 21.7 Å². The minimum Gasteiger partial charge on any atom is -0.380 e. The van der Waals surface area contributed by atoms with Gasteiger partial charge in [0.15, 0.2) is 0 Å². The van der Waals surface area contributed by atoms with Gasteiger partial charge >= 0.3 is 0 Å². The van der Waals surface area contributed by atoms with Crippen LogP contribution in [-0.4, -0.2) is 24.1 Å². The van der Waals surface area contributed by atoms with Gasteiger partial charge in [-0.15, -0.1) is 0 Å². The first-order valence-electron chi connectivity index (χ1n) is 4.75. The highest BCUT2D eigenvalue weighted by atomic mass is 15.0. The van der Waals surface area contributed by atoms with E-state index in [1.807, 2.05) is 19.2 Å². The maximum atomic E-state index is 4.24. The number of hydrogen-bond donors (Lipinski definition) is 2. The lowest BCUT2D eigenvalue weighted by Gasteiger charge is -2.13. The smallest absolute Gasteiger partial charge is 0.0603 e. The van der Waals surface area contributed by atoms with Crippen LogP contribution in [0.2, 0.25) is 0 Å². The van der Waals surface area contributed by atoms with Crippen LogP contribution in [0.25, 0.3) is 0 Å². The summed E-state index contributed by atoms with van der Waals surface area (Å²) in [7, 11) is 0. The SMILES string of the molecule is Cc1ncccc1NC1CCNC1. The Bertz CT molecular complexity index is 279. The molecule has 70 valence electrons. The summed E-state index contributed by atoms with van der Waals surface area (Å²) >= 11 is 0. The molecule has 0 bridgehead atoms. The summed E-state index contributed by atoms with van der Waals surface area (Å²) in [4.78, 5) is 4.24. The summed E-state index contributed by atoms with van der Waals surface area (Å²) in [5.41, 5.74) is 2.24. The zero-order chi connectivity index (χ0) is 9.10. The number of anilines is 1. The molecule has 1 unspecified atom stereocenters. The van der Waals surface area contributed by atoms with Crippen molar-refractivity contribution in [3.05, 3.63) is 24.0 Å². The molecule has 1 saturated heterocycles. The third-order valence-corrected chi connectivity index (χ3v) is 2.43. The normalized spacial score (nSPS) is 21.8. The zero-order valence-corrected chi connectivity index (χ0v) is 7.88. The summed E-state index contributed by atoms with van der Waals surface area (Å²) in [6.07, 6.45) is 3.03. The van der Waals surface area contributed by atoms with Crippen molar-refractivity contribution in [3.63, 3.8) is 0 Å². The minimum absolute atomic E-state index is 0.572. The number of nitrogens with one attached hydrogen (secondary N) is 2. The molecule has 0 spiro atoms. The fourth-order valence-corrected chi connectivity index (χ4v) is 1.63. The number of hydrogen-bond acceptors (Lipinski definition) is 3. The molecule has 1 aliphatic rings. The Morgan fingerprint density at radius 1 is 1.62 bits per heavy atom. The third-order valence-electron chi connectivity index (χ3n) is 2.43. The van der Waals surface area contributed by atoms with Crippen molar-refractivity contribution < 1.29 is 0 Å². The van der Waals surface area contributed by atoms with E-state index < -0.39 is 0 Å². The topological polar surface area (TPSA) is 37.0 Å². The number of aromatic nitrogens is 1. The second-order valence-electron chi connectivity index (χ2n) is 3.47. The first-order chi connectivity index (χ1) is 6.36. The molecule has 3 nitrogen and oxygen atoms in total. The minimum atomic E-state index is 0.572. The molecule has 0 aliphatic carbocycles. The Morgan fingerprint density at radius 2 is 2.54 bits per heavy atom. The quantitative estimate of drug-likeness (QED) is 0.712. The van der Waals surface area contributed by atoms with E-state index in [0.29, 0.717) is 6.04 Å². The molecule has 0 radical (unpaired) electrons. The Balaban J connectivity index is 2.04. The summed E-state index contributed by atoms with van der Waals surface area (Å²) in [5.74, 6) is 0. The van der Waals surface area contributed by atoms with Gasteiger partial charge in [0.1, 0.15) is 0 Å². The van der Waals surface area contributed by atoms with E-state index in [-0.39, 0.29) is 0 Å². The van der Waals surface area contributed by atoms with Gasteiger partial charge in [-0.1, -0.05) is 0 Å². The van der Waals surface area contributed by atoms with Gasteiger partial charge in [0.25, 0.3) is 0 Å². The van der Waals surface area contributed by atoms with Crippen molar-refractivity contribution in [3.8, 4) is 0 Å². The van der Waals surface area contributed by atoms with Gasteiger partial charge in [-0.3, -0.25) is 4.98 Å². The highest BCUT2D eigenvalue weighted by molar-refractivity contribution is 5.47. The van der Waals surface area contributed by atoms with E-state index in [4.69, 9.17) is 0 Å². The predicted octanol–water partition coefficient (Wildman–Crippen LogP) is 1.16. The highest BCUT2D eigenvalue weighted by Crippen LogP contribution is 2.13. The highest BCUT2D eigenvalue weighted by Gasteiger charge is 2.14. The van der Waals surface area contributed by atoms with Gasteiger partial charge in [0.2, 0.25) is 0 Å². The number of nitrogens with zero attached hydrogens (tertiary/aromatic N) is 1. The molecule has 0 aromatic carbocycles. The Hall–Kier alpha value is -1.09. The molecule has 13 heavy (non-hydrogen) atoms. The fraction of sp³-hybridized carbons (Fsp3) is 0.500. The molecule has 1 aromatic heterocycles. The van der Waals surface area contributed by atoms with Crippen molar-refractivity contribution in [2.24, 2.45) is 0 Å². The van der Waals surface area contributed by atoms with Crippen molar-refractivity contribution in [2.75, 3.05) is 18.4 Å². The van der Waals surface area contributed by atoms with Crippen molar-refractivity contribution in [1.82, 2.24) is 10.3 Å². The van der Waals surface area contributed by atoms with Crippen LogP contribution < -0.4 is 10.6 Å². The molecule has 3 heteroatoms. The molecule has 2 rings (SSSR count). The van der Waals surface area contributed by atoms with Gasteiger partial charge in [0, 0.05) is 18.8 Å². The maximum absolute atomic E-state index is 4.24. The van der Waals surface area contributed by atoms with Crippen LogP contribution in [0.15, 0.2) is 18.3 Å². The molecule has 2 N–H and O–H groups in total. The van der Waals surface area contributed by atoms with E-state index in [1.54, 1.807) is 0 Å². The second-order valence-corrected chi connectivity index (χ2v) is 3.47. The number of pyridine rings is 1. The van der Waals surface area contributed by atoms with Crippen molar-refractivity contribution in [1.29, 1.82) is 0 Å². The average molecular weight is 177 g/mol. The van der Waals surface area contributed by atoms with Crippen molar-refractivity contribution >= 4 is 5.69 Å². The molecule has 1 aromatic rings.